The number of hydrogen-bond donors (Lipinski definition) is 5. The number of phenolic OH excluding ortho intramolecular Hbond substituents is 2. The number of fused-ring (bicyclic) bond motifs is 1. The molecule has 59 heavy (non-hydrogen) atoms. The largest absolute Gasteiger partial charge is 0.507 e. The molecule has 0 aliphatic carbocycles. The summed E-state index contributed by atoms with van der Waals surface area (Å²) in [6.45, 7) is 17.7. The number of esters is 1. The first-order chi connectivity index (χ1) is 28.0. The lowest BCUT2D eigenvalue weighted by Gasteiger charge is -2.25. The summed E-state index contributed by atoms with van der Waals surface area (Å²) < 4.78 is 17.6. The molecule has 13 nitrogen and oxygen atoms in total. The fourth-order valence-corrected chi connectivity index (χ4v) is 6.98. The zero-order chi connectivity index (χ0) is 44.3. The minimum absolute atomic E-state index is 0.0413. The number of carbonyl (C=O) groups excluding carboxylic acids is 3. The van der Waals surface area contributed by atoms with Crippen LogP contribution in [-0.2, 0) is 19.1 Å². The van der Waals surface area contributed by atoms with E-state index in [9.17, 15) is 34.5 Å². The van der Waals surface area contributed by atoms with Crippen LogP contribution in [0.3, 0.4) is 0 Å². The molecule has 320 valence electrons. The number of ether oxygens (including phenoxy) is 2. The molecular weight excluding hydrogens is 757 g/mol. The van der Waals surface area contributed by atoms with Crippen molar-refractivity contribution in [2.24, 2.45) is 11.8 Å². The molecule has 0 radical (unpaired) electrons. The van der Waals surface area contributed by atoms with Crippen LogP contribution in [0.5, 0.6) is 11.5 Å². The number of aliphatic hydroxyl groups is 2. The number of hydrogen-bond acceptors (Lipinski definition) is 12. The van der Waals surface area contributed by atoms with Crippen LogP contribution in [0.25, 0.3) is 33.0 Å². The summed E-state index contributed by atoms with van der Waals surface area (Å²) in [5, 5.41) is 43.6. The number of aliphatic hydroxyl groups excluding tert-OH is 2. The number of ketones is 1. The van der Waals surface area contributed by atoms with Gasteiger partial charge in [0, 0.05) is 30.6 Å². The first kappa shape index (κ1) is 47.8. The van der Waals surface area contributed by atoms with Crippen molar-refractivity contribution in [2.75, 3.05) is 12.4 Å². The number of nitrogens with one attached hydrogen (secondary N) is 1. The van der Waals surface area contributed by atoms with Crippen LogP contribution in [0.2, 0.25) is 0 Å². The minimum atomic E-state index is -1.22. The molecule has 4 unspecified atom stereocenters. The molecule has 13 heteroatoms. The third kappa shape index (κ3) is 11.2. The van der Waals surface area contributed by atoms with Gasteiger partial charge < -0.3 is 39.6 Å². The summed E-state index contributed by atoms with van der Waals surface area (Å²) in [5.41, 5.74) is 0.184. The van der Waals surface area contributed by atoms with Crippen molar-refractivity contribution in [1.29, 1.82) is 0 Å². The molecule has 2 bridgehead atoms. The lowest BCUT2D eigenvalue weighted by atomic mass is 9.90. The van der Waals surface area contributed by atoms with Gasteiger partial charge in [-0.1, -0.05) is 65.8 Å². The van der Waals surface area contributed by atoms with Gasteiger partial charge in [0.15, 0.2) is 28.4 Å². The third-order valence-corrected chi connectivity index (χ3v) is 10.1. The van der Waals surface area contributed by atoms with Crippen molar-refractivity contribution in [1.82, 2.24) is 4.98 Å². The molecule has 0 saturated carbocycles. The summed E-state index contributed by atoms with van der Waals surface area (Å²) in [6.07, 6.45) is 7.09. The van der Waals surface area contributed by atoms with E-state index in [-0.39, 0.29) is 62.0 Å². The van der Waals surface area contributed by atoms with Crippen LogP contribution < -0.4 is 10.7 Å². The summed E-state index contributed by atoms with van der Waals surface area (Å²) in [7, 11) is 1.00. The number of nitrogens with zero attached hydrogens (tertiary/aromatic N) is 1. The first-order valence-electron chi connectivity index (χ1n) is 20.1. The van der Waals surface area contributed by atoms with Crippen molar-refractivity contribution in [3.8, 4) is 11.5 Å². The molecule has 1 aromatic heterocycles. The average molecular weight is 817 g/mol. The maximum absolute atomic E-state index is 14.2. The molecule has 3 aromatic carbocycles. The summed E-state index contributed by atoms with van der Waals surface area (Å²) in [4.78, 5) is 58.5. The molecule has 0 spiro atoms. The van der Waals surface area contributed by atoms with E-state index in [0.717, 1.165) is 12.7 Å². The van der Waals surface area contributed by atoms with Crippen LogP contribution in [0.1, 0.15) is 115 Å². The normalized spacial score (nSPS) is 22.9. The molecule has 5 N–H and O–H groups in total. The molecule has 1 aliphatic heterocycles. The van der Waals surface area contributed by atoms with Gasteiger partial charge in [-0.05, 0) is 88.0 Å². The topological polar surface area (TPSA) is 206 Å². The predicted octanol–water partition coefficient (Wildman–Crippen LogP) is 8.65. The molecular formula is C46H60N2O11. The van der Waals surface area contributed by atoms with Crippen LogP contribution in [0.15, 0.2) is 63.6 Å². The fraction of sp³-hybridized carbons (Fsp3) is 0.457. The highest BCUT2D eigenvalue weighted by Gasteiger charge is 2.32. The molecule has 4 aromatic rings. The Morgan fingerprint density at radius 3 is 2.32 bits per heavy atom. The number of carbonyl (C=O) groups is 3. The zero-order valence-corrected chi connectivity index (χ0v) is 36.0. The van der Waals surface area contributed by atoms with E-state index < -0.39 is 52.9 Å². The van der Waals surface area contributed by atoms with E-state index in [4.69, 9.17) is 24.0 Å². The number of anilines is 1. The summed E-state index contributed by atoms with van der Waals surface area (Å²) in [5.74, 6) is -2.79. The SMILES string of the molecule is CC.CC(=O)OC1CC/C=C/OC(C)C(=O)c2c(=O)c(C)c(O)c3c(O)c(c4oc5cc(C(C)C)ccc5nc4c23)NC(=O)/C(C)=C/C=C/C(C)C[C@H](C)CC1O.CO. The standard InChI is InChI=1S/C43H50N2O10.C2H6.CH4O/c1-21(2)28-15-16-29-32(20-28)55-42-36(44-29)33-34-38(48)25(6)39(49)35(33)41(51)37(42)45-43(52)24(5)13-11-12-22(3)18-23(4)19-30(47)31(54-27(8)46)14-9-10-17-53-26(7)40(34)50;2*1-2/h10-13,15-17,20-23,26,30-31,47,49,51H,9,14,18-19H2,1-8H3,(H,45,52);1-2H3;2H,1H3/b12-11+,17-10+,24-13+;;/t22?,23-,26?,30?,31?;;/m0../s1. The maximum atomic E-state index is 14.2. The molecule has 1 aliphatic rings. The summed E-state index contributed by atoms with van der Waals surface area (Å²) in [6, 6.07) is 5.41. The number of benzene rings is 3. The fourth-order valence-electron chi connectivity index (χ4n) is 6.98. The van der Waals surface area contributed by atoms with E-state index in [1.807, 2.05) is 53.7 Å². The smallest absolute Gasteiger partial charge is 0.302 e. The van der Waals surface area contributed by atoms with Crippen molar-refractivity contribution in [3.63, 3.8) is 0 Å². The van der Waals surface area contributed by atoms with Gasteiger partial charge in [-0.3, -0.25) is 19.2 Å². The van der Waals surface area contributed by atoms with Crippen LogP contribution in [-0.4, -0.2) is 68.5 Å². The lowest BCUT2D eigenvalue weighted by molar-refractivity contribution is -0.153. The highest BCUT2D eigenvalue weighted by atomic mass is 16.6. The van der Waals surface area contributed by atoms with E-state index in [1.165, 1.54) is 27.0 Å². The highest BCUT2D eigenvalue weighted by Crippen LogP contribution is 2.47. The Bertz CT molecular complexity index is 2300. The molecule has 1 amide bonds. The summed E-state index contributed by atoms with van der Waals surface area (Å²) >= 11 is 0. The Kier molecular flexibility index (Phi) is 17.4. The zero-order valence-electron chi connectivity index (χ0n) is 36.0. The second-order valence-electron chi connectivity index (χ2n) is 15.0. The van der Waals surface area contributed by atoms with Crippen LogP contribution >= 0.6 is 0 Å². The van der Waals surface area contributed by atoms with Crippen LogP contribution in [0.4, 0.5) is 5.69 Å². The van der Waals surface area contributed by atoms with Gasteiger partial charge >= 0.3 is 5.97 Å². The number of phenols is 2. The van der Waals surface area contributed by atoms with E-state index in [0.29, 0.717) is 36.8 Å². The molecule has 0 saturated heterocycles. The predicted molar refractivity (Wildman–Crippen MR) is 231 cm³/mol. The van der Waals surface area contributed by atoms with E-state index >= 15 is 0 Å². The number of allylic oxidation sites excluding steroid dienone is 4. The molecule has 5 atom stereocenters. The number of amides is 1. The molecule has 5 rings (SSSR count). The van der Waals surface area contributed by atoms with Crippen molar-refractivity contribution in [3.05, 3.63) is 81.3 Å². The third-order valence-electron chi connectivity index (χ3n) is 10.1. The molecule has 2 heterocycles. The van der Waals surface area contributed by atoms with Crippen LogP contribution in [0, 0.1) is 18.8 Å². The minimum Gasteiger partial charge on any atom is -0.507 e. The maximum Gasteiger partial charge on any atom is 0.302 e. The van der Waals surface area contributed by atoms with Gasteiger partial charge in [0.05, 0.1) is 23.3 Å². The van der Waals surface area contributed by atoms with Gasteiger partial charge in [-0.25, -0.2) is 4.98 Å². The second-order valence-corrected chi connectivity index (χ2v) is 15.0. The quantitative estimate of drug-likeness (QED) is 0.0558. The first-order valence-corrected chi connectivity index (χ1v) is 20.1. The Labute approximate surface area is 345 Å². The number of aromatic hydroxyl groups is 2. The Balaban J connectivity index is 0.00000225. The number of rotatable bonds is 2. The Morgan fingerprint density at radius 1 is 1.00 bits per heavy atom. The van der Waals surface area contributed by atoms with Crippen molar-refractivity contribution < 1.29 is 48.7 Å². The monoisotopic (exact) mass is 816 g/mol. The highest BCUT2D eigenvalue weighted by molar-refractivity contribution is 6.25. The van der Waals surface area contributed by atoms with Gasteiger partial charge in [-0.15, -0.1) is 0 Å². The van der Waals surface area contributed by atoms with Crippen molar-refractivity contribution >= 4 is 56.3 Å². The Morgan fingerprint density at radius 2 is 1.68 bits per heavy atom. The average Bonchev–Trinajstić information content (AvgIpc) is 3.20. The number of Topliss-reactive ketones (excluding diaryl/α,β-unsaturated/α-hetero) is 1. The number of aromatic nitrogens is 1. The van der Waals surface area contributed by atoms with E-state index in [2.05, 4.69) is 5.32 Å². The van der Waals surface area contributed by atoms with Gasteiger partial charge in [0.25, 0.3) is 5.91 Å². The Hall–Kier alpha value is -5.53. The second kappa shape index (κ2) is 21.5. The molecule has 0 fully saturated rings. The lowest BCUT2D eigenvalue weighted by Crippen LogP contribution is -2.32. The van der Waals surface area contributed by atoms with Gasteiger partial charge in [0.1, 0.15) is 28.6 Å². The van der Waals surface area contributed by atoms with E-state index in [1.54, 1.807) is 37.3 Å². The van der Waals surface area contributed by atoms with Gasteiger partial charge in [0.2, 0.25) is 5.78 Å². The van der Waals surface area contributed by atoms with Crippen molar-refractivity contribution in [2.45, 2.75) is 119 Å². The van der Waals surface area contributed by atoms with Gasteiger partial charge in [-0.2, -0.15) is 0 Å².